The lowest BCUT2D eigenvalue weighted by molar-refractivity contribution is 0.0927. The van der Waals surface area contributed by atoms with Crippen molar-refractivity contribution in [2.75, 3.05) is 19.1 Å². The molecule has 0 aromatic heterocycles. The van der Waals surface area contributed by atoms with Gasteiger partial charge in [-0.1, -0.05) is 0 Å². The van der Waals surface area contributed by atoms with Crippen molar-refractivity contribution in [1.82, 2.24) is 0 Å². The van der Waals surface area contributed by atoms with Gasteiger partial charge in [-0.05, 0) is 43.7 Å². The number of ketones is 1. The Labute approximate surface area is 115 Å². The smallest absolute Gasteiger partial charge is 0.229 e. The lowest BCUT2D eigenvalue weighted by atomic mass is 10.1. The quantitative estimate of drug-likeness (QED) is 0.449. The molecule has 18 heavy (non-hydrogen) atoms. The minimum Gasteiger partial charge on any atom is -0.488 e. The molecule has 0 aliphatic rings. The van der Waals surface area contributed by atoms with Crippen LogP contribution in [0.15, 0.2) is 34.3 Å². The fourth-order valence-electron chi connectivity index (χ4n) is 1.36. The highest BCUT2D eigenvalue weighted by Gasteiger charge is 2.18. The third-order valence-corrected chi connectivity index (χ3v) is 4.27. The molecule has 0 spiro atoms. The van der Waals surface area contributed by atoms with Gasteiger partial charge in [0.05, 0.1) is 10.8 Å². The minimum absolute atomic E-state index is 0.212. The Kier molecular flexibility index (Phi) is 6.29. The summed E-state index contributed by atoms with van der Waals surface area (Å²) in [5.41, 5.74) is 0.431. The van der Waals surface area contributed by atoms with Gasteiger partial charge < -0.3 is 4.74 Å². The number of carbonyl (C=O) groups excluding carboxylic acids is 1. The number of Topliss-reactive ketones (excluding diaryl/α,β-unsaturated/α-hetero) is 1. The molecule has 98 valence electrons. The van der Waals surface area contributed by atoms with E-state index in [0.29, 0.717) is 17.9 Å². The second kappa shape index (κ2) is 7.48. The van der Waals surface area contributed by atoms with Gasteiger partial charge in [0.25, 0.3) is 0 Å². The van der Waals surface area contributed by atoms with Gasteiger partial charge in [0.2, 0.25) is 5.78 Å². The first kappa shape index (κ1) is 15.1. The Morgan fingerprint density at radius 1 is 1.22 bits per heavy atom. The van der Waals surface area contributed by atoms with Crippen molar-refractivity contribution < 1.29 is 13.9 Å². The summed E-state index contributed by atoms with van der Waals surface area (Å²) in [6.45, 7) is 2.25. The fourth-order valence-corrected chi connectivity index (χ4v) is 2.70. The van der Waals surface area contributed by atoms with E-state index in [1.54, 1.807) is 0 Å². The Balaban J connectivity index is 3.10. The Bertz CT molecular complexity index is 435. The third kappa shape index (κ3) is 3.78. The molecular formula is C13H15FO2S2. The zero-order chi connectivity index (χ0) is 13.5. The van der Waals surface area contributed by atoms with Crippen LogP contribution in [-0.4, -0.2) is 24.9 Å². The summed E-state index contributed by atoms with van der Waals surface area (Å²) in [5, 5.41) is 0. The average molecular weight is 286 g/mol. The first-order valence-corrected chi connectivity index (χ1v) is 7.84. The Morgan fingerprint density at radius 3 is 2.22 bits per heavy atom. The van der Waals surface area contributed by atoms with Gasteiger partial charge in [0.15, 0.2) is 5.76 Å². The van der Waals surface area contributed by atoms with Crippen LogP contribution in [0.4, 0.5) is 4.39 Å². The summed E-state index contributed by atoms with van der Waals surface area (Å²) in [6, 6.07) is 5.48. The number of hydrogen-bond donors (Lipinski definition) is 0. The number of rotatable bonds is 6. The van der Waals surface area contributed by atoms with E-state index in [4.69, 9.17) is 4.74 Å². The molecule has 0 aliphatic heterocycles. The van der Waals surface area contributed by atoms with E-state index in [-0.39, 0.29) is 11.6 Å². The first-order valence-electron chi connectivity index (χ1n) is 5.39. The van der Waals surface area contributed by atoms with Crippen LogP contribution in [0, 0.1) is 5.82 Å². The van der Waals surface area contributed by atoms with Crippen LogP contribution in [0.3, 0.4) is 0 Å². The SMILES string of the molecule is CCOC(C(=O)c1ccc(F)cc1)=C(SC)SC. The summed E-state index contributed by atoms with van der Waals surface area (Å²) >= 11 is 2.93. The van der Waals surface area contributed by atoms with Crippen LogP contribution in [-0.2, 0) is 4.74 Å². The van der Waals surface area contributed by atoms with Gasteiger partial charge in [-0.3, -0.25) is 4.79 Å². The van der Waals surface area contributed by atoms with E-state index in [9.17, 15) is 9.18 Å². The van der Waals surface area contributed by atoms with Crippen molar-refractivity contribution in [2.45, 2.75) is 6.92 Å². The average Bonchev–Trinajstić information content (AvgIpc) is 2.39. The second-order valence-corrected chi connectivity index (χ2v) is 5.19. The van der Waals surface area contributed by atoms with Gasteiger partial charge in [-0.25, -0.2) is 4.39 Å². The standard InChI is InChI=1S/C13H15FO2S2/c1-4-16-12(13(17-2)18-3)11(15)9-5-7-10(14)8-6-9/h5-8H,4H2,1-3H3. The Hall–Kier alpha value is -0.940. The van der Waals surface area contributed by atoms with E-state index in [2.05, 4.69) is 0 Å². The number of halogens is 1. The molecule has 0 heterocycles. The van der Waals surface area contributed by atoms with Crippen molar-refractivity contribution in [3.8, 4) is 0 Å². The molecule has 0 unspecified atom stereocenters. The van der Waals surface area contributed by atoms with Crippen LogP contribution < -0.4 is 0 Å². The molecule has 0 N–H and O–H groups in total. The maximum atomic E-state index is 12.8. The van der Waals surface area contributed by atoms with E-state index in [1.165, 1.54) is 47.8 Å². The lowest BCUT2D eigenvalue weighted by Crippen LogP contribution is -2.08. The third-order valence-electron chi connectivity index (χ3n) is 2.16. The summed E-state index contributed by atoms with van der Waals surface area (Å²) in [5.74, 6) is -0.233. The highest BCUT2D eigenvalue weighted by atomic mass is 32.2. The van der Waals surface area contributed by atoms with E-state index < -0.39 is 0 Å². The zero-order valence-corrected chi connectivity index (χ0v) is 12.2. The monoisotopic (exact) mass is 286 g/mol. The summed E-state index contributed by atoms with van der Waals surface area (Å²) < 4.78 is 19.1. The van der Waals surface area contributed by atoms with Gasteiger partial charge in [0, 0.05) is 5.56 Å². The first-order chi connectivity index (χ1) is 8.63. The molecule has 0 saturated heterocycles. The van der Waals surface area contributed by atoms with E-state index in [1.807, 2.05) is 19.4 Å². The number of carbonyl (C=O) groups is 1. The molecule has 0 bridgehead atoms. The van der Waals surface area contributed by atoms with Gasteiger partial charge >= 0.3 is 0 Å². The largest absolute Gasteiger partial charge is 0.488 e. The van der Waals surface area contributed by atoms with Crippen LogP contribution in [0.25, 0.3) is 0 Å². The molecule has 1 rings (SSSR count). The fraction of sp³-hybridized carbons (Fsp3) is 0.308. The molecule has 0 atom stereocenters. The molecule has 5 heteroatoms. The molecule has 0 radical (unpaired) electrons. The minimum atomic E-state index is -0.358. The predicted octanol–water partition coefficient (Wildman–Crippen LogP) is 3.94. The van der Waals surface area contributed by atoms with Crippen LogP contribution in [0.1, 0.15) is 17.3 Å². The maximum absolute atomic E-state index is 12.8. The van der Waals surface area contributed by atoms with E-state index in [0.717, 1.165) is 4.24 Å². The van der Waals surface area contributed by atoms with E-state index >= 15 is 0 Å². The Morgan fingerprint density at radius 2 is 1.78 bits per heavy atom. The van der Waals surface area contributed by atoms with Crippen molar-refractivity contribution in [3.05, 3.63) is 45.6 Å². The molecule has 0 aliphatic carbocycles. The van der Waals surface area contributed by atoms with Crippen LogP contribution in [0.5, 0.6) is 0 Å². The summed E-state index contributed by atoms with van der Waals surface area (Å²) in [4.78, 5) is 12.3. The highest BCUT2D eigenvalue weighted by molar-refractivity contribution is 8.21. The molecule has 1 aromatic carbocycles. The molecule has 2 nitrogen and oxygen atoms in total. The molecular weight excluding hydrogens is 271 g/mol. The molecule has 0 saturated carbocycles. The van der Waals surface area contributed by atoms with Crippen molar-refractivity contribution in [2.24, 2.45) is 0 Å². The maximum Gasteiger partial charge on any atom is 0.229 e. The number of thioether (sulfide) groups is 2. The van der Waals surface area contributed by atoms with Crippen LogP contribution >= 0.6 is 23.5 Å². The van der Waals surface area contributed by atoms with Gasteiger partial charge in [0.1, 0.15) is 5.82 Å². The summed E-state index contributed by atoms with van der Waals surface area (Å²) in [7, 11) is 0. The predicted molar refractivity (Wildman–Crippen MR) is 76.4 cm³/mol. The van der Waals surface area contributed by atoms with Crippen LogP contribution in [0.2, 0.25) is 0 Å². The molecule has 0 amide bonds. The topological polar surface area (TPSA) is 26.3 Å². The highest BCUT2D eigenvalue weighted by Crippen LogP contribution is 2.30. The van der Waals surface area contributed by atoms with Crippen molar-refractivity contribution in [1.29, 1.82) is 0 Å². The number of hydrogen-bond acceptors (Lipinski definition) is 4. The lowest BCUT2D eigenvalue weighted by Gasteiger charge is -2.11. The van der Waals surface area contributed by atoms with Gasteiger partial charge in [-0.2, -0.15) is 0 Å². The molecule has 0 fully saturated rings. The zero-order valence-electron chi connectivity index (χ0n) is 10.5. The van der Waals surface area contributed by atoms with Crippen molar-refractivity contribution in [3.63, 3.8) is 0 Å². The number of allylic oxidation sites excluding steroid dienone is 1. The number of benzene rings is 1. The second-order valence-electron chi connectivity index (χ2n) is 3.29. The van der Waals surface area contributed by atoms with Gasteiger partial charge in [-0.15, -0.1) is 23.5 Å². The normalized spacial score (nSPS) is 10.0. The molecule has 1 aromatic rings. The summed E-state index contributed by atoms with van der Waals surface area (Å²) in [6.07, 6.45) is 3.78. The number of ether oxygens (including phenoxy) is 1. The van der Waals surface area contributed by atoms with Crippen molar-refractivity contribution >= 4 is 29.3 Å².